The summed E-state index contributed by atoms with van der Waals surface area (Å²) >= 11 is 0. The molecule has 0 atom stereocenters. The molecule has 33 heavy (non-hydrogen) atoms. The third-order valence-corrected chi connectivity index (χ3v) is 5.62. The second-order valence-electron chi connectivity index (χ2n) is 8.10. The molecular formula is C25H31N3O5. The number of urea groups is 1. The van der Waals surface area contributed by atoms with Gasteiger partial charge in [-0.1, -0.05) is 11.6 Å². The average Bonchev–Trinajstić information content (AvgIpc) is 3.41. The molecule has 8 nitrogen and oxygen atoms in total. The number of ether oxygens (including phenoxy) is 1. The van der Waals surface area contributed by atoms with Gasteiger partial charge in [0.1, 0.15) is 5.76 Å². The first kappa shape index (κ1) is 24.1. The summed E-state index contributed by atoms with van der Waals surface area (Å²) in [5, 5.41) is 4.82. The van der Waals surface area contributed by atoms with Crippen molar-refractivity contribution < 1.29 is 23.5 Å². The Balaban J connectivity index is 1.39. The maximum Gasteiger partial charge on any atom is 0.331 e. The molecule has 0 saturated heterocycles. The summed E-state index contributed by atoms with van der Waals surface area (Å²) in [6, 6.07) is 5.12. The SMILES string of the molecule is Cc1cc(/C=C/C(=O)OCC(=O)NC(=O)NCCC2=CCCCC2)c(C)n1Cc1ccco1. The maximum atomic E-state index is 12.0. The minimum atomic E-state index is -0.678. The highest BCUT2D eigenvalue weighted by molar-refractivity contribution is 5.96. The number of amides is 3. The van der Waals surface area contributed by atoms with E-state index in [-0.39, 0.29) is 0 Å². The summed E-state index contributed by atoms with van der Waals surface area (Å²) in [7, 11) is 0. The smallest absolute Gasteiger partial charge is 0.331 e. The van der Waals surface area contributed by atoms with Crippen LogP contribution in [0.3, 0.4) is 0 Å². The van der Waals surface area contributed by atoms with E-state index in [0.29, 0.717) is 13.1 Å². The van der Waals surface area contributed by atoms with E-state index in [1.165, 1.54) is 24.5 Å². The third kappa shape index (κ3) is 7.52. The molecule has 0 spiro atoms. The summed E-state index contributed by atoms with van der Waals surface area (Å²) in [5.41, 5.74) is 4.22. The van der Waals surface area contributed by atoms with Crippen LogP contribution in [0, 0.1) is 13.8 Å². The molecule has 0 bridgehead atoms. The van der Waals surface area contributed by atoms with E-state index in [1.54, 1.807) is 12.3 Å². The highest BCUT2D eigenvalue weighted by Crippen LogP contribution is 2.20. The molecule has 0 aliphatic heterocycles. The van der Waals surface area contributed by atoms with Crippen molar-refractivity contribution in [3.8, 4) is 0 Å². The number of esters is 1. The molecule has 0 aromatic carbocycles. The molecule has 3 amide bonds. The van der Waals surface area contributed by atoms with Gasteiger partial charge in [-0.25, -0.2) is 9.59 Å². The van der Waals surface area contributed by atoms with Crippen LogP contribution in [0.25, 0.3) is 6.08 Å². The van der Waals surface area contributed by atoms with E-state index < -0.39 is 24.5 Å². The number of furan rings is 1. The van der Waals surface area contributed by atoms with Gasteiger partial charge in [-0.2, -0.15) is 0 Å². The normalized spacial score (nSPS) is 13.6. The Bertz CT molecular complexity index is 1030. The Morgan fingerprint density at radius 2 is 2.09 bits per heavy atom. The van der Waals surface area contributed by atoms with Crippen molar-refractivity contribution in [2.75, 3.05) is 13.2 Å². The minimum Gasteiger partial charge on any atom is -0.467 e. The molecule has 0 fully saturated rings. The van der Waals surface area contributed by atoms with Crippen molar-refractivity contribution in [3.63, 3.8) is 0 Å². The van der Waals surface area contributed by atoms with E-state index in [4.69, 9.17) is 9.15 Å². The zero-order valence-electron chi connectivity index (χ0n) is 19.2. The van der Waals surface area contributed by atoms with Crippen molar-refractivity contribution in [1.29, 1.82) is 0 Å². The Hall–Kier alpha value is -3.55. The van der Waals surface area contributed by atoms with Crippen molar-refractivity contribution >= 4 is 24.0 Å². The maximum absolute atomic E-state index is 12.0. The molecular weight excluding hydrogens is 422 g/mol. The second kappa shape index (κ2) is 11.9. The van der Waals surface area contributed by atoms with Gasteiger partial charge in [0.05, 0.1) is 12.8 Å². The molecule has 2 N–H and O–H groups in total. The minimum absolute atomic E-state index is 0.464. The van der Waals surface area contributed by atoms with Crippen LogP contribution in [0.1, 0.15) is 54.8 Å². The lowest BCUT2D eigenvalue weighted by Gasteiger charge is -2.13. The number of aromatic nitrogens is 1. The van der Waals surface area contributed by atoms with Gasteiger partial charge in [0.25, 0.3) is 5.91 Å². The van der Waals surface area contributed by atoms with Gasteiger partial charge >= 0.3 is 12.0 Å². The van der Waals surface area contributed by atoms with Crippen LogP contribution in [-0.2, 0) is 20.9 Å². The predicted molar refractivity (Wildman–Crippen MR) is 124 cm³/mol. The number of aryl methyl sites for hydroxylation is 1. The van der Waals surface area contributed by atoms with Crippen molar-refractivity contribution in [3.05, 3.63) is 64.9 Å². The lowest BCUT2D eigenvalue weighted by atomic mass is 9.97. The largest absolute Gasteiger partial charge is 0.467 e. The number of hydrogen-bond acceptors (Lipinski definition) is 5. The molecule has 0 saturated carbocycles. The van der Waals surface area contributed by atoms with Gasteiger partial charge in [0.2, 0.25) is 0 Å². The first-order valence-electron chi connectivity index (χ1n) is 11.2. The lowest BCUT2D eigenvalue weighted by molar-refractivity contribution is -0.143. The molecule has 3 rings (SSSR count). The highest BCUT2D eigenvalue weighted by atomic mass is 16.5. The summed E-state index contributed by atoms with van der Waals surface area (Å²) in [6.07, 6.45) is 12.1. The van der Waals surface area contributed by atoms with Crippen LogP contribution in [0.2, 0.25) is 0 Å². The van der Waals surface area contributed by atoms with Crippen LogP contribution in [-0.4, -0.2) is 35.6 Å². The number of carbonyl (C=O) groups is 3. The predicted octanol–water partition coefficient (Wildman–Crippen LogP) is 4.02. The fourth-order valence-corrected chi connectivity index (χ4v) is 3.82. The van der Waals surface area contributed by atoms with Crippen molar-refractivity contribution in [2.24, 2.45) is 0 Å². The number of carbonyl (C=O) groups excluding carboxylic acids is 3. The van der Waals surface area contributed by atoms with Gasteiger partial charge in [-0.3, -0.25) is 10.1 Å². The first-order chi connectivity index (χ1) is 15.9. The molecule has 1 aliphatic rings. The van der Waals surface area contributed by atoms with E-state index in [0.717, 1.165) is 42.0 Å². The Kier molecular flexibility index (Phi) is 8.69. The van der Waals surface area contributed by atoms with Gasteiger partial charge < -0.3 is 19.0 Å². The highest BCUT2D eigenvalue weighted by Gasteiger charge is 2.12. The zero-order chi connectivity index (χ0) is 23.6. The molecule has 176 valence electrons. The van der Waals surface area contributed by atoms with E-state index >= 15 is 0 Å². The van der Waals surface area contributed by atoms with Crippen LogP contribution < -0.4 is 10.6 Å². The Labute approximate surface area is 193 Å². The zero-order valence-corrected chi connectivity index (χ0v) is 19.2. The fourth-order valence-electron chi connectivity index (χ4n) is 3.82. The average molecular weight is 454 g/mol. The molecule has 8 heteroatoms. The lowest BCUT2D eigenvalue weighted by Crippen LogP contribution is -2.41. The number of rotatable bonds is 9. The topological polar surface area (TPSA) is 103 Å². The summed E-state index contributed by atoms with van der Waals surface area (Å²) in [4.78, 5) is 35.7. The van der Waals surface area contributed by atoms with E-state index in [1.807, 2.05) is 32.0 Å². The number of nitrogens with zero attached hydrogens (tertiary/aromatic N) is 1. The summed E-state index contributed by atoms with van der Waals surface area (Å²) < 4.78 is 12.4. The van der Waals surface area contributed by atoms with Gasteiger partial charge in [-0.15, -0.1) is 0 Å². The van der Waals surface area contributed by atoms with Gasteiger partial charge in [0, 0.05) is 24.0 Å². The molecule has 0 radical (unpaired) electrons. The number of nitrogens with one attached hydrogen (secondary N) is 2. The van der Waals surface area contributed by atoms with Crippen LogP contribution >= 0.6 is 0 Å². The fraction of sp³-hybridized carbons (Fsp3) is 0.400. The molecule has 1 aliphatic carbocycles. The second-order valence-corrected chi connectivity index (χ2v) is 8.10. The monoisotopic (exact) mass is 453 g/mol. The number of hydrogen-bond donors (Lipinski definition) is 2. The molecule has 0 unspecified atom stereocenters. The summed E-state index contributed by atoms with van der Waals surface area (Å²) in [6.45, 7) is 4.47. The van der Waals surface area contributed by atoms with Gasteiger partial charge in [0.15, 0.2) is 6.61 Å². The number of allylic oxidation sites excluding steroid dienone is 1. The Morgan fingerprint density at radius 3 is 2.82 bits per heavy atom. The van der Waals surface area contributed by atoms with Crippen molar-refractivity contribution in [2.45, 2.75) is 52.5 Å². The van der Waals surface area contributed by atoms with Crippen LogP contribution in [0.15, 0.2) is 46.6 Å². The first-order valence-corrected chi connectivity index (χ1v) is 11.2. The quantitative estimate of drug-likeness (QED) is 0.339. The van der Waals surface area contributed by atoms with Crippen LogP contribution in [0.4, 0.5) is 4.79 Å². The Morgan fingerprint density at radius 1 is 1.24 bits per heavy atom. The standard InChI is InChI=1S/C25H31N3O5/c1-18-15-21(19(2)28(18)16-22-9-6-14-32-22)10-11-24(30)33-17-23(29)27-25(31)26-13-12-20-7-4-3-5-8-20/h6-7,9-11,14-15H,3-5,8,12-13,16-17H2,1-2H3,(H2,26,27,29,31)/b11-10+. The molecule has 2 heterocycles. The van der Waals surface area contributed by atoms with Crippen molar-refractivity contribution in [1.82, 2.24) is 15.2 Å². The molecule has 2 aromatic rings. The van der Waals surface area contributed by atoms with Crippen LogP contribution in [0.5, 0.6) is 0 Å². The summed E-state index contributed by atoms with van der Waals surface area (Å²) in [5.74, 6) is -0.499. The van der Waals surface area contributed by atoms with Gasteiger partial charge in [-0.05, 0) is 75.8 Å². The van der Waals surface area contributed by atoms with E-state index in [2.05, 4.69) is 21.3 Å². The number of imide groups is 1. The molecule has 2 aromatic heterocycles. The van der Waals surface area contributed by atoms with E-state index in [9.17, 15) is 14.4 Å². The third-order valence-electron chi connectivity index (χ3n) is 5.62.